The van der Waals surface area contributed by atoms with Crippen LogP contribution in [0.25, 0.3) is 22.3 Å². The molecule has 1 aliphatic rings. The predicted octanol–water partition coefficient (Wildman–Crippen LogP) is 2.26. The molecule has 1 saturated heterocycles. The molecule has 0 spiro atoms. The first-order chi connectivity index (χ1) is 13.7. The summed E-state index contributed by atoms with van der Waals surface area (Å²) < 4.78 is 43.8. The SMILES string of the molecule is CC1(Cn2cnc(-c3nccc4c(=O)[nH]c(OCC(F)(F)F)nc34)c2)CCCN1. The van der Waals surface area contributed by atoms with E-state index >= 15 is 0 Å². The summed E-state index contributed by atoms with van der Waals surface area (Å²) in [5.74, 6) is 0. The summed E-state index contributed by atoms with van der Waals surface area (Å²) in [7, 11) is 0. The minimum absolute atomic E-state index is 0.0296. The molecule has 0 amide bonds. The Bertz CT molecular complexity index is 1090. The van der Waals surface area contributed by atoms with Crippen LogP contribution >= 0.6 is 0 Å². The van der Waals surface area contributed by atoms with Crippen LogP contribution < -0.4 is 15.6 Å². The molecule has 8 nitrogen and oxygen atoms in total. The number of hydrogen-bond donors (Lipinski definition) is 2. The van der Waals surface area contributed by atoms with E-state index in [0.717, 1.165) is 19.4 Å². The summed E-state index contributed by atoms with van der Waals surface area (Å²) in [6, 6.07) is 0.926. The summed E-state index contributed by atoms with van der Waals surface area (Å²) in [4.78, 5) is 27.1. The highest BCUT2D eigenvalue weighted by Crippen LogP contribution is 2.25. The van der Waals surface area contributed by atoms with Crippen molar-refractivity contribution in [2.75, 3.05) is 13.2 Å². The number of aromatic amines is 1. The molecule has 4 rings (SSSR count). The maximum absolute atomic E-state index is 12.4. The third-order valence-electron chi connectivity index (χ3n) is 4.84. The van der Waals surface area contributed by atoms with Crippen LogP contribution in [0.4, 0.5) is 13.2 Å². The number of pyridine rings is 1. The Labute approximate surface area is 163 Å². The standard InChI is InChI=1S/C18H19F3N6O2/c1-17(4-2-5-24-17)8-27-7-12(23-10-27)14-13-11(3-6-22-14)15(28)26-16(25-13)29-9-18(19,20)21/h3,6-7,10,24H,2,4-5,8-9H2,1H3,(H,25,26,28). The van der Waals surface area contributed by atoms with Crippen LogP contribution in [-0.4, -0.2) is 49.4 Å². The largest absolute Gasteiger partial charge is 0.455 e. The number of aromatic nitrogens is 5. The summed E-state index contributed by atoms with van der Waals surface area (Å²) >= 11 is 0. The van der Waals surface area contributed by atoms with Gasteiger partial charge in [-0.2, -0.15) is 18.2 Å². The molecular formula is C18H19F3N6O2. The summed E-state index contributed by atoms with van der Waals surface area (Å²) in [5.41, 5.74) is 0.255. The van der Waals surface area contributed by atoms with Gasteiger partial charge in [0.15, 0.2) is 6.61 Å². The molecule has 1 unspecified atom stereocenters. The van der Waals surface area contributed by atoms with E-state index < -0.39 is 24.4 Å². The Kier molecular flexibility index (Phi) is 4.77. The Hall–Kier alpha value is -2.95. The van der Waals surface area contributed by atoms with Gasteiger partial charge in [-0.05, 0) is 32.4 Å². The van der Waals surface area contributed by atoms with Gasteiger partial charge in [-0.25, -0.2) is 4.98 Å². The lowest BCUT2D eigenvalue weighted by molar-refractivity contribution is -0.154. The monoisotopic (exact) mass is 408 g/mol. The summed E-state index contributed by atoms with van der Waals surface area (Å²) in [6.07, 6.45) is 2.49. The van der Waals surface area contributed by atoms with Crippen molar-refractivity contribution in [3.63, 3.8) is 0 Å². The maximum Gasteiger partial charge on any atom is 0.422 e. The lowest BCUT2D eigenvalue weighted by Gasteiger charge is -2.24. The van der Waals surface area contributed by atoms with Crippen molar-refractivity contribution in [3.8, 4) is 17.4 Å². The second-order valence-corrected chi connectivity index (χ2v) is 7.35. The third-order valence-corrected chi connectivity index (χ3v) is 4.84. The molecule has 1 fully saturated rings. The van der Waals surface area contributed by atoms with Crippen molar-refractivity contribution in [1.29, 1.82) is 0 Å². The average molecular weight is 408 g/mol. The van der Waals surface area contributed by atoms with Crippen LogP contribution in [0.15, 0.2) is 29.6 Å². The number of nitrogens with one attached hydrogen (secondary N) is 2. The van der Waals surface area contributed by atoms with Crippen LogP contribution in [0.5, 0.6) is 6.01 Å². The highest BCUT2D eigenvalue weighted by atomic mass is 19.4. The first-order valence-electron chi connectivity index (χ1n) is 9.08. The number of imidazole rings is 1. The van der Waals surface area contributed by atoms with E-state index in [2.05, 4.69) is 36.9 Å². The first-order valence-corrected chi connectivity index (χ1v) is 9.08. The Morgan fingerprint density at radius 1 is 1.34 bits per heavy atom. The molecule has 4 heterocycles. The van der Waals surface area contributed by atoms with Crippen molar-refractivity contribution in [1.82, 2.24) is 29.8 Å². The second kappa shape index (κ2) is 7.14. The molecule has 154 valence electrons. The molecular weight excluding hydrogens is 389 g/mol. The molecule has 3 aromatic heterocycles. The van der Waals surface area contributed by atoms with Gasteiger partial charge in [0.1, 0.15) is 16.9 Å². The van der Waals surface area contributed by atoms with Crippen LogP contribution in [-0.2, 0) is 6.54 Å². The zero-order valence-corrected chi connectivity index (χ0v) is 15.6. The number of rotatable bonds is 5. The molecule has 0 saturated carbocycles. The van der Waals surface area contributed by atoms with Gasteiger partial charge in [-0.1, -0.05) is 0 Å². The van der Waals surface area contributed by atoms with E-state index in [4.69, 9.17) is 0 Å². The average Bonchev–Trinajstić information content (AvgIpc) is 3.28. The second-order valence-electron chi connectivity index (χ2n) is 7.35. The smallest absolute Gasteiger partial charge is 0.422 e. The number of H-pyrrole nitrogens is 1. The Balaban J connectivity index is 1.68. The van der Waals surface area contributed by atoms with Crippen LogP contribution in [0, 0.1) is 0 Å². The fourth-order valence-corrected chi connectivity index (χ4v) is 3.51. The van der Waals surface area contributed by atoms with E-state index in [9.17, 15) is 18.0 Å². The molecule has 1 atom stereocenters. The highest BCUT2D eigenvalue weighted by Gasteiger charge is 2.30. The fourth-order valence-electron chi connectivity index (χ4n) is 3.51. The summed E-state index contributed by atoms with van der Waals surface area (Å²) in [5, 5.41) is 3.66. The van der Waals surface area contributed by atoms with Crippen LogP contribution in [0.2, 0.25) is 0 Å². The molecule has 11 heteroatoms. The van der Waals surface area contributed by atoms with Crippen molar-refractivity contribution in [2.45, 2.75) is 38.0 Å². The molecule has 0 bridgehead atoms. The highest BCUT2D eigenvalue weighted by molar-refractivity contribution is 5.89. The number of fused-ring (bicyclic) bond motifs is 1. The Morgan fingerprint density at radius 2 is 2.17 bits per heavy atom. The van der Waals surface area contributed by atoms with Crippen LogP contribution in [0.1, 0.15) is 19.8 Å². The quantitative estimate of drug-likeness (QED) is 0.672. The maximum atomic E-state index is 12.4. The van der Waals surface area contributed by atoms with Gasteiger partial charge in [-0.15, -0.1) is 0 Å². The zero-order chi connectivity index (χ0) is 20.6. The third kappa shape index (κ3) is 4.24. The van der Waals surface area contributed by atoms with E-state index in [1.807, 2.05) is 4.57 Å². The van der Waals surface area contributed by atoms with Gasteiger partial charge in [0.25, 0.3) is 11.6 Å². The molecule has 0 radical (unpaired) electrons. The molecule has 0 aromatic carbocycles. The van der Waals surface area contributed by atoms with Crippen molar-refractivity contribution in [2.24, 2.45) is 0 Å². The topological polar surface area (TPSA) is 97.7 Å². The molecule has 29 heavy (non-hydrogen) atoms. The zero-order valence-electron chi connectivity index (χ0n) is 15.6. The molecule has 0 aliphatic carbocycles. The number of halogens is 3. The van der Waals surface area contributed by atoms with E-state index in [-0.39, 0.29) is 16.4 Å². The van der Waals surface area contributed by atoms with E-state index in [1.54, 1.807) is 12.5 Å². The minimum Gasteiger partial charge on any atom is -0.455 e. The van der Waals surface area contributed by atoms with E-state index in [1.165, 1.54) is 12.3 Å². The molecule has 2 N–H and O–H groups in total. The fraction of sp³-hybridized carbons (Fsp3) is 0.444. The van der Waals surface area contributed by atoms with Crippen molar-refractivity contribution < 1.29 is 17.9 Å². The molecule has 3 aromatic rings. The molecule has 1 aliphatic heterocycles. The predicted molar refractivity (Wildman–Crippen MR) is 98.6 cm³/mol. The van der Waals surface area contributed by atoms with Gasteiger partial charge >= 0.3 is 6.18 Å². The van der Waals surface area contributed by atoms with Crippen molar-refractivity contribution >= 4 is 10.9 Å². The van der Waals surface area contributed by atoms with Crippen LogP contribution in [0.3, 0.4) is 0 Å². The number of hydrogen-bond acceptors (Lipinski definition) is 6. The van der Waals surface area contributed by atoms with E-state index in [0.29, 0.717) is 17.9 Å². The normalized spacial score (nSPS) is 19.7. The Morgan fingerprint density at radius 3 is 2.90 bits per heavy atom. The van der Waals surface area contributed by atoms with Crippen molar-refractivity contribution in [3.05, 3.63) is 35.1 Å². The van der Waals surface area contributed by atoms with Gasteiger partial charge in [0, 0.05) is 24.5 Å². The van der Waals surface area contributed by atoms with Gasteiger partial charge in [0.2, 0.25) is 0 Å². The summed E-state index contributed by atoms with van der Waals surface area (Å²) in [6.45, 7) is 2.26. The minimum atomic E-state index is -4.55. The van der Waals surface area contributed by atoms with Gasteiger partial charge < -0.3 is 14.6 Å². The van der Waals surface area contributed by atoms with Gasteiger partial charge in [0.05, 0.1) is 11.7 Å². The number of ether oxygens (including phenoxy) is 1. The first kappa shape index (κ1) is 19.4. The number of alkyl halides is 3. The lowest BCUT2D eigenvalue weighted by atomic mass is 10.0. The lowest BCUT2D eigenvalue weighted by Crippen LogP contribution is -2.40. The van der Waals surface area contributed by atoms with Gasteiger partial charge in [-0.3, -0.25) is 14.8 Å². The number of nitrogens with zero attached hydrogens (tertiary/aromatic N) is 4.